The quantitative estimate of drug-likeness (QED) is 0.581. The number of likely N-dealkylation sites (N-methyl/N-ethyl adjacent to an activating group) is 1. The Morgan fingerprint density at radius 3 is 2.71 bits per heavy atom. The van der Waals surface area contributed by atoms with Gasteiger partial charge in [-0.1, -0.05) is 12.1 Å². The summed E-state index contributed by atoms with van der Waals surface area (Å²) in [7, 11) is 1.57. The first-order valence-corrected chi connectivity index (χ1v) is 9.12. The summed E-state index contributed by atoms with van der Waals surface area (Å²) >= 11 is 4.74. The van der Waals surface area contributed by atoms with Crippen molar-refractivity contribution >= 4 is 51.3 Å². The van der Waals surface area contributed by atoms with Crippen molar-refractivity contribution in [1.82, 2.24) is 4.90 Å². The normalized spacial score (nSPS) is 10.8. The number of furan rings is 1. The SMILES string of the molecule is CSc1ccccc1NC(=O)CN(C)C(=O)C=Cc1ccc(Br)o1. The highest BCUT2D eigenvalue weighted by molar-refractivity contribution is 9.10. The molecule has 1 aromatic heterocycles. The maximum atomic E-state index is 12.1. The summed E-state index contributed by atoms with van der Waals surface area (Å²) in [6, 6.07) is 11.0. The maximum Gasteiger partial charge on any atom is 0.246 e. The average molecular weight is 409 g/mol. The molecule has 0 saturated heterocycles. The number of carbonyl (C=O) groups is 2. The molecule has 1 heterocycles. The molecule has 0 fully saturated rings. The second kappa shape index (κ2) is 8.75. The van der Waals surface area contributed by atoms with Crippen LogP contribution in [0.5, 0.6) is 0 Å². The van der Waals surface area contributed by atoms with E-state index in [1.54, 1.807) is 37.0 Å². The largest absolute Gasteiger partial charge is 0.450 e. The number of hydrogen-bond donors (Lipinski definition) is 1. The molecule has 0 aliphatic carbocycles. The lowest BCUT2D eigenvalue weighted by atomic mass is 10.3. The fraction of sp³-hybridized carbons (Fsp3) is 0.176. The highest BCUT2D eigenvalue weighted by Crippen LogP contribution is 2.24. The Morgan fingerprint density at radius 2 is 2.04 bits per heavy atom. The summed E-state index contributed by atoms with van der Waals surface area (Å²) in [6.45, 7) is -0.0340. The van der Waals surface area contributed by atoms with E-state index in [2.05, 4.69) is 21.2 Å². The molecule has 2 amide bonds. The maximum absolute atomic E-state index is 12.1. The van der Waals surface area contributed by atoms with Crippen LogP contribution >= 0.6 is 27.7 Å². The number of nitrogens with zero attached hydrogens (tertiary/aromatic N) is 1. The van der Waals surface area contributed by atoms with E-state index in [-0.39, 0.29) is 18.4 Å². The molecule has 2 rings (SSSR count). The number of carbonyl (C=O) groups excluding carboxylic acids is 2. The van der Waals surface area contributed by atoms with Gasteiger partial charge in [-0.05, 0) is 52.5 Å². The molecule has 0 radical (unpaired) electrons. The molecule has 2 aromatic rings. The molecule has 0 aliphatic heterocycles. The van der Waals surface area contributed by atoms with Crippen LogP contribution in [0.4, 0.5) is 5.69 Å². The van der Waals surface area contributed by atoms with Crippen LogP contribution in [0.2, 0.25) is 0 Å². The Hall–Kier alpha value is -1.99. The predicted octanol–water partition coefficient (Wildman–Crippen LogP) is 3.87. The number of nitrogens with one attached hydrogen (secondary N) is 1. The summed E-state index contributed by atoms with van der Waals surface area (Å²) in [4.78, 5) is 26.5. The molecular formula is C17H17BrN2O3S. The number of hydrogen-bond acceptors (Lipinski definition) is 4. The molecule has 0 spiro atoms. The number of thioether (sulfide) groups is 1. The van der Waals surface area contributed by atoms with E-state index in [1.807, 2.05) is 30.5 Å². The third-order valence-electron chi connectivity index (χ3n) is 3.12. The molecule has 1 aromatic carbocycles. The van der Waals surface area contributed by atoms with Crippen LogP contribution in [0.1, 0.15) is 5.76 Å². The molecule has 0 unspecified atom stereocenters. The summed E-state index contributed by atoms with van der Waals surface area (Å²) < 4.78 is 5.87. The van der Waals surface area contributed by atoms with Crippen LogP contribution in [0.15, 0.2) is 56.5 Å². The van der Waals surface area contributed by atoms with Gasteiger partial charge in [-0.3, -0.25) is 9.59 Å². The summed E-state index contributed by atoms with van der Waals surface area (Å²) in [5.41, 5.74) is 0.742. The minimum Gasteiger partial charge on any atom is -0.450 e. The molecule has 1 N–H and O–H groups in total. The molecule has 0 bridgehead atoms. The van der Waals surface area contributed by atoms with E-state index in [9.17, 15) is 9.59 Å². The molecule has 0 atom stereocenters. The van der Waals surface area contributed by atoms with Crippen LogP contribution < -0.4 is 5.32 Å². The van der Waals surface area contributed by atoms with Crippen molar-refractivity contribution in [3.05, 3.63) is 52.9 Å². The number of rotatable bonds is 6. The fourth-order valence-corrected chi connectivity index (χ4v) is 2.80. The van der Waals surface area contributed by atoms with Gasteiger partial charge < -0.3 is 14.6 Å². The van der Waals surface area contributed by atoms with Gasteiger partial charge in [0.15, 0.2) is 4.67 Å². The van der Waals surface area contributed by atoms with Crippen LogP contribution in [0.25, 0.3) is 6.08 Å². The Morgan fingerprint density at radius 1 is 1.29 bits per heavy atom. The number of anilines is 1. The van der Waals surface area contributed by atoms with Gasteiger partial charge in [-0.2, -0.15) is 0 Å². The van der Waals surface area contributed by atoms with Crippen LogP contribution in [-0.4, -0.2) is 36.6 Å². The Labute approximate surface area is 153 Å². The van der Waals surface area contributed by atoms with Gasteiger partial charge in [-0.25, -0.2) is 0 Å². The lowest BCUT2D eigenvalue weighted by molar-refractivity contribution is -0.129. The van der Waals surface area contributed by atoms with E-state index in [4.69, 9.17) is 4.42 Å². The van der Waals surface area contributed by atoms with Gasteiger partial charge in [0.05, 0.1) is 12.2 Å². The van der Waals surface area contributed by atoms with Crippen molar-refractivity contribution in [2.75, 3.05) is 25.2 Å². The number of para-hydroxylation sites is 1. The number of benzene rings is 1. The zero-order valence-corrected chi connectivity index (χ0v) is 15.7. The second-order valence-corrected chi connectivity index (χ2v) is 6.55. The number of amides is 2. The third-order valence-corrected chi connectivity index (χ3v) is 4.34. The van der Waals surface area contributed by atoms with Crippen LogP contribution in [0, 0.1) is 0 Å². The Bertz CT molecular complexity index is 758. The summed E-state index contributed by atoms with van der Waals surface area (Å²) in [6.07, 6.45) is 4.87. The molecular weight excluding hydrogens is 392 g/mol. The summed E-state index contributed by atoms with van der Waals surface area (Å²) in [5.74, 6) is 0.0271. The van der Waals surface area contributed by atoms with Crippen molar-refractivity contribution in [3.63, 3.8) is 0 Å². The smallest absolute Gasteiger partial charge is 0.246 e. The molecule has 0 saturated carbocycles. The molecule has 24 heavy (non-hydrogen) atoms. The zero-order valence-electron chi connectivity index (χ0n) is 13.3. The van der Waals surface area contributed by atoms with Gasteiger partial charge in [-0.15, -0.1) is 11.8 Å². The molecule has 5 nitrogen and oxygen atoms in total. The Kier molecular flexibility index (Phi) is 6.69. The standard InChI is InChI=1S/C17H17BrN2O3S/c1-20(17(22)10-8-12-7-9-15(18)23-12)11-16(21)19-13-5-3-4-6-14(13)24-2/h3-10H,11H2,1-2H3,(H,19,21). The zero-order chi connectivity index (χ0) is 17.5. The van der Waals surface area contributed by atoms with Crippen molar-refractivity contribution in [1.29, 1.82) is 0 Å². The van der Waals surface area contributed by atoms with Gasteiger partial charge in [0.2, 0.25) is 11.8 Å². The summed E-state index contributed by atoms with van der Waals surface area (Å²) in [5, 5.41) is 2.82. The van der Waals surface area contributed by atoms with E-state index in [1.165, 1.54) is 11.0 Å². The lowest BCUT2D eigenvalue weighted by Crippen LogP contribution is -2.33. The van der Waals surface area contributed by atoms with Gasteiger partial charge >= 0.3 is 0 Å². The third kappa shape index (κ3) is 5.28. The monoisotopic (exact) mass is 408 g/mol. The first-order chi connectivity index (χ1) is 11.5. The van der Waals surface area contributed by atoms with Crippen molar-refractivity contribution in [2.45, 2.75) is 4.90 Å². The second-order valence-electron chi connectivity index (χ2n) is 4.92. The highest BCUT2D eigenvalue weighted by Gasteiger charge is 2.12. The molecule has 126 valence electrons. The Balaban J connectivity index is 1.91. The van der Waals surface area contributed by atoms with Gasteiger partial charge in [0.1, 0.15) is 5.76 Å². The first kappa shape index (κ1) is 18.4. The van der Waals surface area contributed by atoms with Crippen LogP contribution in [0.3, 0.4) is 0 Å². The van der Waals surface area contributed by atoms with E-state index >= 15 is 0 Å². The van der Waals surface area contributed by atoms with Gasteiger partial charge in [0.25, 0.3) is 0 Å². The van der Waals surface area contributed by atoms with Crippen LogP contribution in [-0.2, 0) is 9.59 Å². The highest BCUT2D eigenvalue weighted by atomic mass is 79.9. The lowest BCUT2D eigenvalue weighted by Gasteiger charge is -2.15. The van der Waals surface area contributed by atoms with Crippen molar-refractivity contribution < 1.29 is 14.0 Å². The predicted molar refractivity (Wildman–Crippen MR) is 99.9 cm³/mol. The van der Waals surface area contributed by atoms with Crippen molar-refractivity contribution in [3.8, 4) is 0 Å². The molecule has 0 aliphatic rings. The minimum atomic E-state index is -0.282. The van der Waals surface area contributed by atoms with Crippen molar-refractivity contribution in [2.24, 2.45) is 0 Å². The van der Waals surface area contributed by atoms with E-state index < -0.39 is 0 Å². The average Bonchev–Trinajstić information content (AvgIpc) is 2.98. The minimum absolute atomic E-state index is 0.0340. The fourth-order valence-electron chi connectivity index (χ4n) is 1.93. The van der Waals surface area contributed by atoms with E-state index in [0.29, 0.717) is 10.4 Å². The number of halogens is 1. The van der Waals surface area contributed by atoms with Gasteiger partial charge in [0, 0.05) is 18.0 Å². The van der Waals surface area contributed by atoms with E-state index in [0.717, 1.165) is 10.6 Å². The molecule has 7 heteroatoms. The topological polar surface area (TPSA) is 62.6 Å². The first-order valence-electron chi connectivity index (χ1n) is 7.11.